The lowest BCUT2D eigenvalue weighted by Crippen LogP contribution is -2.41. The second-order valence-corrected chi connectivity index (χ2v) is 8.76. The minimum atomic E-state index is -0.104. The zero-order valence-corrected chi connectivity index (χ0v) is 18.1. The van der Waals surface area contributed by atoms with Crippen molar-refractivity contribution in [2.75, 3.05) is 39.8 Å². The SMILES string of the molecule is CC(=O)N1CCC2=C(C1)C(C(=O)N(C)CCOc1ccccc1C(C)(C)C)=NC2. The number of nitrogens with zero attached hydrogens (tertiary/aromatic N) is 3. The molecule has 2 heterocycles. The van der Waals surface area contributed by atoms with E-state index in [1.807, 2.05) is 18.2 Å². The molecule has 0 unspecified atom stereocenters. The second kappa shape index (κ2) is 8.39. The predicted octanol–water partition coefficient (Wildman–Crippen LogP) is 2.82. The Hall–Kier alpha value is -2.63. The molecule has 6 nitrogen and oxygen atoms in total. The molecule has 1 aromatic carbocycles. The Balaban J connectivity index is 1.60. The summed E-state index contributed by atoms with van der Waals surface area (Å²) in [7, 11) is 1.77. The first kappa shape index (κ1) is 21.1. The zero-order valence-electron chi connectivity index (χ0n) is 18.1. The molecule has 2 amide bonds. The van der Waals surface area contributed by atoms with Gasteiger partial charge in [-0.05, 0) is 29.0 Å². The van der Waals surface area contributed by atoms with E-state index >= 15 is 0 Å². The van der Waals surface area contributed by atoms with Gasteiger partial charge in [-0.1, -0.05) is 39.0 Å². The van der Waals surface area contributed by atoms with Gasteiger partial charge in [0.1, 0.15) is 18.1 Å². The Morgan fingerprint density at radius 3 is 2.66 bits per heavy atom. The number of benzene rings is 1. The van der Waals surface area contributed by atoms with Crippen molar-refractivity contribution in [1.82, 2.24) is 9.80 Å². The number of ether oxygens (including phenoxy) is 1. The summed E-state index contributed by atoms with van der Waals surface area (Å²) >= 11 is 0. The summed E-state index contributed by atoms with van der Waals surface area (Å²) in [6.45, 7) is 10.7. The van der Waals surface area contributed by atoms with E-state index in [2.05, 4.69) is 31.8 Å². The number of carbonyl (C=O) groups is 2. The van der Waals surface area contributed by atoms with Crippen LogP contribution in [0.4, 0.5) is 0 Å². The Morgan fingerprint density at radius 1 is 1.24 bits per heavy atom. The van der Waals surface area contributed by atoms with Crippen molar-refractivity contribution >= 4 is 17.5 Å². The topological polar surface area (TPSA) is 62.2 Å². The summed E-state index contributed by atoms with van der Waals surface area (Å²) < 4.78 is 6.00. The maximum atomic E-state index is 12.9. The van der Waals surface area contributed by atoms with Crippen LogP contribution in [0.15, 0.2) is 40.4 Å². The molecule has 6 heteroatoms. The number of hydrogen-bond donors (Lipinski definition) is 0. The highest BCUT2D eigenvalue weighted by molar-refractivity contribution is 6.46. The third-order valence-electron chi connectivity index (χ3n) is 5.55. The molecule has 0 saturated heterocycles. The van der Waals surface area contributed by atoms with Crippen LogP contribution < -0.4 is 4.74 Å². The van der Waals surface area contributed by atoms with Crippen molar-refractivity contribution in [2.45, 2.75) is 39.5 Å². The van der Waals surface area contributed by atoms with Gasteiger partial charge in [-0.25, -0.2) is 0 Å². The lowest BCUT2D eigenvalue weighted by atomic mass is 9.86. The first-order valence-electron chi connectivity index (χ1n) is 10.2. The van der Waals surface area contributed by atoms with Gasteiger partial charge >= 0.3 is 0 Å². The van der Waals surface area contributed by atoms with Gasteiger partial charge in [0.25, 0.3) is 5.91 Å². The molecule has 0 saturated carbocycles. The van der Waals surface area contributed by atoms with Crippen LogP contribution in [-0.2, 0) is 15.0 Å². The van der Waals surface area contributed by atoms with E-state index in [1.165, 1.54) is 5.57 Å². The number of aliphatic imine (C=N–C) groups is 1. The highest BCUT2D eigenvalue weighted by Gasteiger charge is 2.32. The van der Waals surface area contributed by atoms with Gasteiger partial charge in [-0.3, -0.25) is 14.6 Å². The summed E-state index contributed by atoms with van der Waals surface area (Å²) in [5, 5.41) is 0. The van der Waals surface area contributed by atoms with Crippen LogP contribution in [0.2, 0.25) is 0 Å². The van der Waals surface area contributed by atoms with Crippen LogP contribution in [0.25, 0.3) is 0 Å². The smallest absolute Gasteiger partial charge is 0.272 e. The molecule has 3 rings (SSSR count). The van der Waals surface area contributed by atoms with E-state index < -0.39 is 0 Å². The Kier molecular flexibility index (Phi) is 6.10. The largest absolute Gasteiger partial charge is 0.491 e. The summed E-state index contributed by atoms with van der Waals surface area (Å²) in [4.78, 5) is 32.6. The minimum absolute atomic E-state index is 0.0106. The molecular weight excluding hydrogens is 366 g/mol. The van der Waals surface area contributed by atoms with Crippen LogP contribution in [-0.4, -0.2) is 67.2 Å². The highest BCUT2D eigenvalue weighted by atomic mass is 16.5. The third kappa shape index (κ3) is 4.69. The van der Waals surface area contributed by atoms with Crippen LogP contribution in [0.5, 0.6) is 5.75 Å². The number of para-hydroxylation sites is 1. The zero-order chi connectivity index (χ0) is 21.2. The maximum Gasteiger partial charge on any atom is 0.272 e. The first-order chi connectivity index (χ1) is 13.7. The monoisotopic (exact) mass is 397 g/mol. The van der Waals surface area contributed by atoms with E-state index in [0.29, 0.717) is 38.5 Å². The standard InChI is InChI=1S/C23H31N3O3/c1-16(27)26-11-10-17-14-24-21(18(17)15-26)22(28)25(5)12-13-29-20-9-7-6-8-19(20)23(2,3)4/h6-9H,10-15H2,1-5H3. The van der Waals surface area contributed by atoms with E-state index in [4.69, 9.17) is 4.74 Å². The molecule has 0 fully saturated rings. The molecule has 0 N–H and O–H groups in total. The molecule has 2 aliphatic heterocycles. The fraction of sp³-hybridized carbons (Fsp3) is 0.522. The molecule has 1 aromatic rings. The Labute approximate surface area is 173 Å². The molecule has 0 spiro atoms. The van der Waals surface area contributed by atoms with Crippen LogP contribution >= 0.6 is 0 Å². The van der Waals surface area contributed by atoms with E-state index in [1.54, 1.807) is 23.8 Å². The lowest BCUT2D eigenvalue weighted by molar-refractivity contribution is -0.128. The predicted molar refractivity (Wildman–Crippen MR) is 114 cm³/mol. The van der Waals surface area contributed by atoms with E-state index in [9.17, 15) is 9.59 Å². The molecular formula is C23H31N3O3. The highest BCUT2D eigenvalue weighted by Crippen LogP contribution is 2.31. The molecule has 0 aromatic heterocycles. The van der Waals surface area contributed by atoms with Gasteiger partial charge in [0, 0.05) is 32.6 Å². The van der Waals surface area contributed by atoms with Crippen molar-refractivity contribution in [1.29, 1.82) is 0 Å². The normalized spacial score (nSPS) is 16.4. The maximum absolute atomic E-state index is 12.9. The summed E-state index contributed by atoms with van der Waals surface area (Å²) in [5.74, 6) is 0.788. The van der Waals surface area contributed by atoms with Gasteiger partial charge in [0.15, 0.2) is 0 Å². The number of likely N-dealkylation sites (N-methyl/N-ethyl adjacent to an activating group) is 1. The number of carbonyl (C=O) groups excluding carboxylic acids is 2. The lowest BCUT2D eigenvalue weighted by Gasteiger charge is -2.28. The van der Waals surface area contributed by atoms with Gasteiger partial charge in [0.2, 0.25) is 5.91 Å². The Morgan fingerprint density at radius 2 is 1.97 bits per heavy atom. The molecule has 0 atom stereocenters. The van der Waals surface area contributed by atoms with Crippen molar-refractivity contribution in [3.63, 3.8) is 0 Å². The number of hydrogen-bond acceptors (Lipinski definition) is 4. The first-order valence-corrected chi connectivity index (χ1v) is 10.2. The fourth-order valence-corrected chi connectivity index (χ4v) is 3.74. The summed E-state index contributed by atoms with van der Waals surface area (Å²) in [5.41, 5.74) is 3.76. The quantitative estimate of drug-likeness (QED) is 0.768. The molecule has 0 aliphatic carbocycles. The van der Waals surface area contributed by atoms with Gasteiger partial charge < -0.3 is 14.5 Å². The summed E-state index contributed by atoms with van der Waals surface area (Å²) in [6, 6.07) is 8.03. The van der Waals surface area contributed by atoms with Crippen molar-refractivity contribution < 1.29 is 14.3 Å². The summed E-state index contributed by atoms with van der Waals surface area (Å²) in [6.07, 6.45) is 0.797. The average Bonchev–Trinajstić information content (AvgIpc) is 3.10. The van der Waals surface area contributed by atoms with Gasteiger partial charge in [-0.2, -0.15) is 0 Å². The second-order valence-electron chi connectivity index (χ2n) is 8.76. The fourth-order valence-electron chi connectivity index (χ4n) is 3.74. The van der Waals surface area contributed by atoms with Gasteiger partial charge in [0.05, 0.1) is 13.1 Å². The van der Waals surface area contributed by atoms with Crippen LogP contribution in [0.3, 0.4) is 0 Å². The molecule has 0 bridgehead atoms. The molecule has 29 heavy (non-hydrogen) atoms. The number of amides is 2. The molecule has 156 valence electrons. The Bertz CT molecular complexity index is 864. The third-order valence-corrected chi connectivity index (χ3v) is 5.55. The average molecular weight is 398 g/mol. The van der Waals surface area contributed by atoms with Crippen molar-refractivity contribution in [3.8, 4) is 5.75 Å². The molecule has 0 radical (unpaired) electrons. The van der Waals surface area contributed by atoms with Crippen molar-refractivity contribution in [2.24, 2.45) is 4.99 Å². The van der Waals surface area contributed by atoms with Crippen LogP contribution in [0, 0.1) is 0 Å². The van der Waals surface area contributed by atoms with E-state index in [0.717, 1.165) is 23.3 Å². The van der Waals surface area contributed by atoms with Gasteiger partial charge in [-0.15, -0.1) is 0 Å². The van der Waals surface area contributed by atoms with E-state index in [-0.39, 0.29) is 17.2 Å². The van der Waals surface area contributed by atoms with Crippen LogP contribution in [0.1, 0.15) is 39.7 Å². The minimum Gasteiger partial charge on any atom is -0.491 e. The number of rotatable bonds is 5. The molecule has 2 aliphatic rings. The van der Waals surface area contributed by atoms with Crippen molar-refractivity contribution in [3.05, 3.63) is 41.0 Å².